The third kappa shape index (κ3) is 4.72. The van der Waals surface area contributed by atoms with Crippen LogP contribution >= 0.6 is 11.6 Å². The number of halogens is 2. The minimum Gasteiger partial charge on any atom is -0.493 e. The molecule has 1 saturated heterocycles. The molecule has 2 aromatic carbocycles. The molecule has 3 aromatic rings. The zero-order chi connectivity index (χ0) is 24.4. The summed E-state index contributed by atoms with van der Waals surface area (Å²) >= 11 is 5.90. The van der Waals surface area contributed by atoms with Gasteiger partial charge in [0.05, 0.1) is 25.4 Å². The summed E-state index contributed by atoms with van der Waals surface area (Å²) in [6, 6.07) is 7.76. The van der Waals surface area contributed by atoms with Gasteiger partial charge >= 0.3 is 6.09 Å². The second kappa shape index (κ2) is 9.76. The molecule has 1 aromatic heterocycles. The monoisotopic (exact) mass is 489 g/mol. The van der Waals surface area contributed by atoms with Gasteiger partial charge in [-0.15, -0.1) is 0 Å². The summed E-state index contributed by atoms with van der Waals surface area (Å²) < 4.78 is 25.4. The first-order valence-electron chi connectivity index (χ1n) is 10.7. The molecule has 11 heteroatoms. The molecule has 9 nitrogen and oxygen atoms in total. The van der Waals surface area contributed by atoms with Crippen molar-refractivity contribution in [1.29, 1.82) is 0 Å². The maximum atomic E-state index is 14.5. The van der Waals surface area contributed by atoms with Gasteiger partial charge in [0.25, 0.3) is 0 Å². The number of carbonyl (C=O) groups is 1. The zero-order valence-electron chi connectivity index (χ0n) is 19.0. The lowest BCUT2D eigenvalue weighted by Gasteiger charge is -2.35. The average Bonchev–Trinajstić information content (AvgIpc) is 2.84. The fraction of sp³-hybridized carbons (Fsp3) is 0.348. The predicted molar refractivity (Wildman–Crippen MR) is 128 cm³/mol. The third-order valence-electron chi connectivity index (χ3n) is 5.97. The van der Waals surface area contributed by atoms with E-state index in [-0.39, 0.29) is 16.8 Å². The fourth-order valence-corrected chi connectivity index (χ4v) is 4.17. The lowest BCUT2D eigenvalue weighted by atomic mass is 10.0. The summed E-state index contributed by atoms with van der Waals surface area (Å²) in [5.41, 5.74) is 0.802. The van der Waals surface area contributed by atoms with E-state index in [4.69, 9.17) is 31.0 Å². The van der Waals surface area contributed by atoms with Gasteiger partial charge in [-0.2, -0.15) is 4.98 Å². The van der Waals surface area contributed by atoms with Crippen LogP contribution in [0.25, 0.3) is 10.9 Å². The number of fused-ring (bicyclic) bond motifs is 1. The Morgan fingerprint density at radius 2 is 1.85 bits per heavy atom. The van der Waals surface area contributed by atoms with Crippen molar-refractivity contribution in [3.05, 3.63) is 41.2 Å². The van der Waals surface area contributed by atoms with E-state index < -0.39 is 11.9 Å². The molecular formula is C23H25ClFN5O4. The minimum atomic E-state index is -0.946. The normalized spacial score (nSPS) is 14.2. The van der Waals surface area contributed by atoms with E-state index in [1.807, 2.05) is 4.90 Å². The highest BCUT2D eigenvalue weighted by molar-refractivity contribution is 6.30. The fourth-order valence-electron chi connectivity index (χ4n) is 4.01. The highest BCUT2D eigenvalue weighted by Gasteiger charge is 2.27. The molecule has 1 aliphatic rings. The van der Waals surface area contributed by atoms with Gasteiger partial charge in [0, 0.05) is 42.7 Å². The quantitative estimate of drug-likeness (QED) is 0.511. The van der Waals surface area contributed by atoms with Gasteiger partial charge in [0.1, 0.15) is 11.6 Å². The van der Waals surface area contributed by atoms with Crippen molar-refractivity contribution in [3.8, 4) is 11.5 Å². The molecule has 180 valence electrons. The number of piperidine rings is 1. The second-order valence-electron chi connectivity index (χ2n) is 7.96. The Hall–Kier alpha value is -3.53. The summed E-state index contributed by atoms with van der Waals surface area (Å²) in [5.74, 6) is 1.33. The number of ether oxygens (including phenoxy) is 2. The molecule has 0 bridgehead atoms. The van der Waals surface area contributed by atoms with Crippen molar-refractivity contribution >= 4 is 46.1 Å². The van der Waals surface area contributed by atoms with Crippen molar-refractivity contribution in [2.24, 2.45) is 0 Å². The number of aromatic nitrogens is 2. The van der Waals surface area contributed by atoms with Crippen LogP contribution in [0.2, 0.25) is 5.02 Å². The Balaban J connectivity index is 1.74. The van der Waals surface area contributed by atoms with Crippen LogP contribution in [0.5, 0.6) is 11.5 Å². The van der Waals surface area contributed by atoms with Crippen LogP contribution in [0, 0.1) is 5.82 Å². The summed E-state index contributed by atoms with van der Waals surface area (Å²) in [4.78, 5) is 24.0. The van der Waals surface area contributed by atoms with Gasteiger partial charge in [0.2, 0.25) is 5.95 Å². The lowest BCUT2D eigenvalue weighted by molar-refractivity contribution is 0.131. The molecule has 0 saturated carbocycles. The summed E-state index contributed by atoms with van der Waals surface area (Å²) in [5, 5.41) is 13.2. The Kier molecular flexibility index (Phi) is 6.78. The van der Waals surface area contributed by atoms with Gasteiger partial charge in [-0.25, -0.2) is 14.2 Å². The van der Waals surface area contributed by atoms with Gasteiger partial charge in [0.15, 0.2) is 11.5 Å². The van der Waals surface area contributed by atoms with Gasteiger partial charge < -0.3 is 29.7 Å². The SMILES string of the molecule is COc1cc2nc(N3CCC(N(C)C(=O)O)CC3)nc(Nc3ccc(Cl)cc3F)c2cc1OC. The number of rotatable bonds is 6. The van der Waals surface area contributed by atoms with E-state index in [1.165, 1.54) is 25.2 Å². The number of amides is 1. The molecule has 2 N–H and O–H groups in total. The first-order chi connectivity index (χ1) is 16.3. The minimum absolute atomic E-state index is 0.0701. The standard InChI is InChI=1S/C23H25ClFN5O4/c1-29(23(31)32)14-6-8-30(9-7-14)22-27-18-12-20(34-3)19(33-2)11-15(18)21(28-22)26-17-5-4-13(24)10-16(17)25/h4-5,10-12,14H,6-9H2,1-3H3,(H,31,32)(H,26,27,28). The largest absolute Gasteiger partial charge is 0.493 e. The first kappa shape index (κ1) is 23.6. The van der Waals surface area contributed by atoms with Crippen molar-refractivity contribution in [3.63, 3.8) is 0 Å². The number of hydrogen-bond acceptors (Lipinski definition) is 7. The summed E-state index contributed by atoms with van der Waals surface area (Å²) in [6.07, 6.45) is 0.341. The zero-order valence-corrected chi connectivity index (χ0v) is 19.8. The highest BCUT2D eigenvalue weighted by Crippen LogP contribution is 2.36. The number of hydrogen-bond donors (Lipinski definition) is 2. The molecule has 1 aliphatic heterocycles. The van der Waals surface area contributed by atoms with Crippen LogP contribution in [-0.2, 0) is 0 Å². The van der Waals surface area contributed by atoms with Crippen LogP contribution in [0.3, 0.4) is 0 Å². The number of nitrogens with one attached hydrogen (secondary N) is 1. The molecule has 4 rings (SSSR count). The number of anilines is 3. The predicted octanol–water partition coefficient (Wildman–Crippen LogP) is 4.76. The van der Waals surface area contributed by atoms with E-state index in [0.29, 0.717) is 60.1 Å². The number of benzene rings is 2. The van der Waals surface area contributed by atoms with Crippen molar-refractivity contribution in [2.45, 2.75) is 18.9 Å². The molecule has 1 amide bonds. The molecule has 34 heavy (non-hydrogen) atoms. The highest BCUT2D eigenvalue weighted by atomic mass is 35.5. The van der Waals surface area contributed by atoms with Crippen LogP contribution < -0.4 is 19.7 Å². The molecule has 0 unspecified atom stereocenters. The molecular weight excluding hydrogens is 465 g/mol. The van der Waals surface area contributed by atoms with Gasteiger partial charge in [-0.1, -0.05) is 11.6 Å². The number of carboxylic acid groups (broad SMARTS) is 1. The third-order valence-corrected chi connectivity index (χ3v) is 6.21. The van der Waals surface area contributed by atoms with E-state index in [9.17, 15) is 14.3 Å². The average molecular weight is 490 g/mol. The Morgan fingerprint density at radius 1 is 1.18 bits per heavy atom. The molecule has 1 fully saturated rings. The number of methoxy groups -OCH3 is 2. The van der Waals surface area contributed by atoms with Crippen LogP contribution in [0.1, 0.15) is 12.8 Å². The summed E-state index contributed by atoms with van der Waals surface area (Å²) in [7, 11) is 4.65. The van der Waals surface area contributed by atoms with Crippen molar-refractivity contribution < 1.29 is 23.8 Å². The van der Waals surface area contributed by atoms with Gasteiger partial charge in [-0.05, 0) is 37.1 Å². The molecule has 0 aliphatic carbocycles. The van der Waals surface area contributed by atoms with Crippen LogP contribution in [0.4, 0.5) is 26.6 Å². The second-order valence-corrected chi connectivity index (χ2v) is 8.39. The van der Waals surface area contributed by atoms with E-state index in [1.54, 1.807) is 31.3 Å². The van der Waals surface area contributed by atoms with E-state index >= 15 is 0 Å². The maximum Gasteiger partial charge on any atom is 0.407 e. The van der Waals surface area contributed by atoms with Gasteiger partial charge in [-0.3, -0.25) is 0 Å². The molecule has 2 heterocycles. The van der Waals surface area contributed by atoms with E-state index in [2.05, 4.69) is 5.32 Å². The smallest absolute Gasteiger partial charge is 0.407 e. The molecule has 0 spiro atoms. The lowest BCUT2D eigenvalue weighted by Crippen LogP contribution is -2.45. The molecule has 0 atom stereocenters. The number of nitrogens with zero attached hydrogens (tertiary/aromatic N) is 4. The molecule has 0 radical (unpaired) electrons. The van der Waals surface area contributed by atoms with Crippen LogP contribution in [0.15, 0.2) is 30.3 Å². The summed E-state index contributed by atoms with van der Waals surface area (Å²) in [6.45, 7) is 1.16. The topological polar surface area (TPSA) is 100 Å². The Labute approximate surface area is 201 Å². The van der Waals surface area contributed by atoms with Crippen molar-refractivity contribution in [2.75, 3.05) is 44.6 Å². The van der Waals surface area contributed by atoms with Crippen molar-refractivity contribution in [1.82, 2.24) is 14.9 Å². The maximum absolute atomic E-state index is 14.5. The van der Waals surface area contributed by atoms with E-state index in [0.717, 1.165) is 0 Å². The first-order valence-corrected chi connectivity index (χ1v) is 11.0. The van der Waals surface area contributed by atoms with Crippen LogP contribution in [-0.4, -0.2) is 66.5 Å². The Bertz CT molecular complexity index is 1220. The Morgan fingerprint density at radius 3 is 2.47 bits per heavy atom.